The predicted molar refractivity (Wildman–Crippen MR) is 106 cm³/mol. The fourth-order valence-corrected chi connectivity index (χ4v) is 3.37. The second-order valence-corrected chi connectivity index (χ2v) is 7.57. The molecule has 0 fully saturated rings. The van der Waals surface area contributed by atoms with E-state index in [1.54, 1.807) is 19.1 Å². The smallest absolute Gasteiger partial charge is 0.276 e. The van der Waals surface area contributed by atoms with Gasteiger partial charge in [0.2, 0.25) is 5.75 Å². The monoisotopic (exact) mass is 423 g/mol. The van der Waals surface area contributed by atoms with Gasteiger partial charge in [-0.3, -0.25) is 10.1 Å². The van der Waals surface area contributed by atoms with E-state index in [4.69, 9.17) is 14.2 Å². The Morgan fingerprint density at radius 3 is 2.14 bits per heavy atom. The molecule has 0 bridgehead atoms. The topological polar surface area (TPSA) is 129 Å². The molecule has 11 heteroatoms. The third-order valence-corrected chi connectivity index (χ3v) is 5.31. The number of rotatable bonds is 8. The SMILES string of the molecule is COc1cc(C(C)=NNS(=O)(=O)c2ccc(C)c([N+](=O)[O-])c2)cc(OC)c1OC. The van der Waals surface area contributed by atoms with Gasteiger partial charge in [-0.1, -0.05) is 6.07 Å². The lowest BCUT2D eigenvalue weighted by atomic mass is 10.1. The number of sulfonamides is 1. The average Bonchev–Trinajstić information content (AvgIpc) is 2.70. The van der Waals surface area contributed by atoms with Crippen LogP contribution in [0.2, 0.25) is 0 Å². The molecule has 0 aliphatic rings. The molecule has 0 saturated carbocycles. The van der Waals surface area contributed by atoms with E-state index >= 15 is 0 Å². The largest absolute Gasteiger partial charge is 0.493 e. The fourth-order valence-electron chi connectivity index (χ4n) is 2.49. The Bertz CT molecular complexity index is 1040. The molecule has 156 valence electrons. The molecular weight excluding hydrogens is 402 g/mol. The van der Waals surface area contributed by atoms with Crippen molar-refractivity contribution in [3.8, 4) is 17.2 Å². The summed E-state index contributed by atoms with van der Waals surface area (Å²) in [6.45, 7) is 3.11. The summed E-state index contributed by atoms with van der Waals surface area (Å²) in [5.74, 6) is 1.15. The lowest BCUT2D eigenvalue weighted by Gasteiger charge is -2.14. The van der Waals surface area contributed by atoms with Crippen LogP contribution in [0.25, 0.3) is 0 Å². The number of hydrogen-bond acceptors (Lipinski definition) is 8. The van der Waals surface area contributed by atoms with Gasteiger partial charge >= 0.3 is 0 Å². The molecule has 0 radical (unpaired) electrons. The van der Waals surface area contributed by atoms with Crippen molar-refractivity contribution < 1.29 is 27.6 Å². The molecule has 0 amide bonds. The molecular formula is C18H21N3O7S. The summed E-state index contributed by atoms with van der Waals surface area (Å²) in [5.41, 5.74) is 0.899. The number of benzene rings is 2. The highest BCUT2D eigenvalue weighted by Crippen LogP contribution is 2.38. The Morgan fingerprint density at radius 2 is 1.66 bits per heavy atom. The van der Waals surface area contributed by atoms with Crippen molar-refractivity contribution in [3.63, 3.8) is 0 Å². The molecule has 0 aliphatic carbocycles. The molecule has 29 heavy (non-hydrogen) atoms. The van der Waals surface area contributed by atoms with Crippen LogP contribution in [-0.4, -0.2) is 40.4 Å². The van der Waals surface area contributed by atoms with E-state index in [9.17, 15) is 18.5 Å². The number of ether oxygens (including phenoxy) is 3. The van der Waals surface area contributed by atoms with Gasteiger partial charge in [0.15, 0.2) is 11.5 Å². The highest BCUT2D eigenvalue weighted by atomic mass is 32.2. The number of nitrogens with zero attached hydrogens (tertiary/aromatic N) is 2. The maximum Gasteiger partial charge on any atom is 0.276 e. The van der Waals surface area contributed by atoms with Crippen LogP contribution in [0, 0.1) is 17.0 Å². The molecule has 1 N–H and O–H groups in total. The van der Waals surface area contributed by atoms with Gasteiger partial charge in [0.05, 0.1) is 36.9 Å². The highest BCUT2D eigenvalue weighted by molar-refractivity contribution is 7.89. The molecule has 2 rings (SSSR count). The third kappa shape index (κ3) is 4.74. The number of hydrazone groups is 1. The van der Waals surface area contributed by atoms with Crippen molar-refractivity contribution in [2.24, 2.45) is 5.10 Å². The van der Waals surface area contributed by atoms with Crippen LogP contribution in [0.3, 0.4) is 0 Å². The minimum Gasteiger partial charge on any atom is -0.493 e. The van der Waals surface area contributed by atoms with Crippen LogP contribution in [-0.2, 0) is 10.0 Å². The Kier molecular flexibility index (Phi) is 6.64. The first kappa shape index (κ1) is 22.0. The van der Waals surface area contributed by atoms with Crippen LogP contribution < -0.4 is 19.0 Å². The molecule has 0 saturated heterocycles. The van der Waals surface area contributed by atoms with Gasteiger partial charge < -0.3 is 14.2 Å². The van der Waals surface area contributed by atoms with Crippen molar-refractivity contribution in [1.29, 1.82) is 0 Å². The van der Waals surface area contributed by atoms with Crippen molar-refractivity contribution in [1.82, 2.24) is 4.83 Å². The second-order valence-electron chi connectivity index (χ2n) is 5.91. The molecule has 2 aromatic rings. The van der Waals surface area contributed by atoms with Gasteiger partial charge in [0.1, 0.15) is 0 Å². The second kappa shape index (κ2) is 8.78. The van der Waals surface area contributed by atoms with Crippen molar-refractivity contribution >= 4 is 21.4 Å². The summed E-state index contributed by atoms with van der Waals surface area (Å²) in [6.07, 6.45) is 0. The maximum atomic E-state index is 12.5. The number of aryl methyl sites for hydroxylation is 1. The Morgan fingerprint density at radius 1 is 1.07 bits per heavy atom. The van der Waals surface area contributed by atoms with E-state index in [0.717, 1.165) is 6.07 Å². The van der Waals surface area contributed by atoms with E-state index in [1.807, 2.05) is 0 Å². The van der Waals surface area contributed by atoms with Crippen molar-refractivity contribution in [3.05, 3.63) is 51.6 Å². The lowest BCUT2D eigenvalue weighted by molar-refractivity contribution is -0.385. The minimum absolute atomic E-state index is 0.267. The van der Waals surface area contributed by atoms with Crippen LogP contribution >= 0.6 is 0 Å². The van der Waals surface area contributed by atoms with Crippen molar-refractivity contribution in [2.45, 2.75) is 18.7 Å². The molecule has 0 atom stereocenters. The number of nitrogens with one attached hydrogen (secondary N) is 1. The summed E-state index contributed by atoms with van der Waals surface area (Å²) in [5, 5.41) is 15.0. The fraction of sp³-hybridized carbons (Fsp3) is 0.278. The van der Waals surface area contributed by atoms with Gasteiger partial charge in [-0.15, -0.1) is 0 Å². The lowest BCUT2D eigenvalue weighted by Crippen LogP contribution is -2.20. The highest BCUT2D eigenvalue weighted by Gasteiger charge is 2.20. The van der Waals surface area contributed by atoms with Crippen LogP contribution in [0.4, 0.5) is 5.69 Å². The van der Waals surface area contributed by atoms with Gasteiger partial charge in [-0.05, 0) is 32.0 Å². The molecule has 0 spiro atoms. The van der Waals surface area contributed by atoms with Gasteiger partial charge in [0.25, 0.3) is 15.7 Å². The zero-order valence-electron chi connectivity index (χ0n) is 16.5. The quantitative estimate of drug-likeness (QED) is 0.392. The third-order valence-electron chi connectivity index (χ3n) is 4.10. The Labute approximate surface area is 168 Å². The summed E-state index contributed by atoms with van der Waals surface area (Å²) in [6, 6.07) is 6.86. The van der Waals surface area contributed by atoms with E-state index in [1.165, 1.54) is 40.4 Å². The van der Waals surface area contributed by atoms with E-state index in [-0.39, 0.29) is 10.6 Å². The summed E-state index contributed by atoms with van der Waals surface area (Å²) in [7, 11) is 0.276. The van der Waals surface area contributed by atoms with Crippen molar-refractivity contribution in [2.75, 3.05) is 21.3 Å². The number of hydrogen-bond donors (Lipinski definition) is 1. The Hall–Kier alpha value is -3.34. The van der Waals surface area contributed by atoms with Crippen LogP contribution in [0.15, 0.2) is 40.3 Å². The summed E-state index contributed by atoms with van der Waals surface area (Å²) < 4.78 is 40.8. The zero-order chi connectivity index (χ0) is 21.8. The van der Waals surface area contributed by atoms with E-state index in [2.05, 4.69) is 9.93 Å². The molecule has 0 aliphatic heterocycles. The van der Waals surface area contributed by atoms with E-state index in [0.29, 0.717) is 34.1 Å². The molecule has 2 aromatic carbocycles. The zero-order valence-corrected chi connectivity index (χ0v) is 17.4. The molecule has 0 heterocycles. The average molecular weight is 423 g/mol. The van der Waals surface area contributed by atoms with Crippen LogP contribution in [0.1, 0.15) is 18.1 Å². The first-order valence-corrected chi connectivity index (χ1v) is 9.74. The van der Waals surface area contributed by atoms with E-state index < -0.39 is 14.9 Å². The normalized spacial score (nSPS) is 11.7. The first-order chi connectivity index (χ1) is 13.6. The minimum atomic E-state index is -4.11. The molecule has 0 unspecified atom stereocenters. The summed E-state index contributed by atoms with van der Waals surface area (Å²) >= 11 is 0. The molecule has 10 nitrogen and oxygen atoms in total. The summed E-state index contributed by atoms with van der Waals surface area (Å²) in [4.78, 5) is 12.2. The van der Waals surface area contributed by atoms with Gasteiger partial charge in [-0.25, -0.2) is 0 Å². The predicted octanol–water partition coefficient (Wildman–Crippen LogP) is 2.63. The first-order valence-electron chi connectivity index (χ1n) is 8.26. The number of nitro benzene ring substituents is 1. The number of nitro groups is 1. The van der Waals surface area contributed by atoms with Gasteiger partial charge in [0, 0.05) is 17.2 Å². The molecule has 0 aromatic heterocycles. The van der Waals surface area contributed by atoms with Gasteiger partial charge in [-0.2, -0.15) is 18.4 Å². The maximum absolute atomic E-state index is 12.5. The Balaban J connectivity index is 2.38. The number of methoxy groups -OCH3 is 3. The standard InChI is InChI=1S/C18H21N3O7S/c1-11-6-7-14(10-15(11)21(22)23)29(24,25)20-19-12(2)13-8-16(26-3)18(28-5)17(9-13)27-4/h6-10,20H,1-5H3. The van der Waals surface area contributed by atoms with Crippen LogP contribution in [0.5, 0.6) is 17.2 Å².